The Balaban J connectivity index is 1.12. The lowest BCUT2D eigenvalue weighted by atomic mass is 10.0. The van der Waals surface area contributed by atoms with Gasteiger partial charge < -0.3 is 20.3 Å². The lowest BCUT2D eigenvalue weighted by Crippen LogP contribution is -2.34. The predicted octanol–water partition coefficient (Wildman–Crippen LogP) is 6.53. The maximum atomic E-state index is 12.9. The second-order valence-electron chi connectivity index (χ2n) is 9.92. The summed E-state index contributed by atoms with van der Waals surface area (Å²) in [5, 5.41) is 12.1. The third kappa shape index (κ3) is 6.30. The number of fused-ring (bicyclic) bond motifs is 3. The lowest BCUT2D eigenvalue weighted by molar-refractivity contribution is -0.126. The number of aromatic nitrogens is 3. The minimum absolute atomic E-state index is 0.0362. The Morgan fingerprint density at radius 2 is 2.07 bits per heavy atom. The third-order valence-corrected chi connectivity index (χ3v) is 8.79. The molecule has 0 radical (unpaired) electrons. The third-order valence-electron chi connectivity index (χ3n) is 6.93. The number of thiophene rings is 2. The number of aryl methyl sites for hydroxylation is 2. The van der Waals surface area contributed by atoms with Gasteiger partial charge in [-0.3, -0.25) is 9.78 Å². The van der Waals surface area contributed by atoms with Crippen LogP contribution in [0.4, 0.5) is 11.5 Å². The lowest BCUT2D eigenvalue weighted by Gasteiger charge is -2.26. The normalized spacial score (nSPS) is 13.1. The van der Waals surface area contributed by atoms with Crippen molar-refractivity contribution in [2.75, 3.05) is 18.4 Å². The van der Waals surface area contributed by atoms with Gasteiger partial charge in [0.1, 0.15) is 28.5 Å². The fourth-order valence-corrected chi connectivity index (χ4v) is 6.66. The van der Waals surface area contributed by atoms with Crippen LogP contribution in [0.3, 0.4) is 0 Å². The van der Waals surface area contributed by atoms with E-state index in [4.69, 9.17) is 4.74 Å². The SMILES string of the molecule is Cc1ccc(Oc2ccc(Nc3ncnc4sc5c(c34)CCN(C(=O)/C=C/CNCc3ccsc3)C5)cc2C)cn1. The van der Waals surface area contributed by atoms with Crippen molar-refractivity contribution >= 4 is 50.3 Å². The topological polar surface area (TPSA) is 92.3 Å². The molecular weight excluding hydrogens is 553 g/mol. The van der Waals surface area contributed by atoms with Crippen molar-refractivity contribution in [2.45, 2.75) is 33.4 Å². The molecule has 1 aromatic carbocycles. The molecule has 4 aromatic heterocycles. The first-order valence-electron chi connectivity index (χ1n) is 13.4. The van der Waals surface area contributed by atoms with E-state index in [1.54, 1.807) is 41.3 Å². The van der Waals surface area contributed by atoms with Gasteiger partial charge in [-0.2, -0.15) is 11.3 Å². The van der Waals surface area contributed by atoms with Gasteiger partial charge in [0.25, 0.3) is 0 Å². The van der Waals surface area contributed by atoms with Crippen LogP contribution in [0.25, 0.3) is 10.2 Å². The minimum atomic E-state index is 0.0362. The second-order valence-corrected chi connectivity index (χ2v) is 11.8. The number of benzene rings is 1. The first-order chi connectivity index (χ1) is 20.0. The molecule has 6 rings (SSSR count). The van der Waals surface area contributed by atoms with Crippen LogP contribution >= 0.6 is 22.7 Å². The Labute approximate surface area is 246 Å². The number of anilines is 2. The smallest absolute Gasteiger partial charge is 0.246 e. The Hall–Kier alpha value is -4.12. The molecule has 8 nitrogen and oxygen atoms in total. The summed E-state index contributed by atoms with van der Waals surface area (Å²) in [6.45, 7) is 6.67. The molecule has 208 valence electrons. The van der Waals surface area contributed by atoms with Crippen LogP contribution in [0, 0.1) is 13.8 Å². The Kier molecular flexibility index (Phi) is 8.04. The van der Waals surface area contributed by atoms with Gasteiger partial charge >= 0.3 is 0 Å². The molecule has 0 saturated heterocycles. The van der Waals surface area contributed by atoms with E-state index in [1.165, 1.54) is 16.0 Å². The maximum absolute atomic E-state index is 12.9. The zero-order valence-electron chi connectivity index (χ0n) is 22.9. The molecule has 41 heavy (non-hydrogen) atoms. The van der Waals surface area contributed by atoms with Crippen molar-refractivity contribution < 1.29 is 9.53 Å². The van der Waals surface area contributed by atoms with E-state index in [9.17, 15) is 4.79 Å². The fourth-order valence-electron chi connectivity index (χ4n) is 4.79. The molecule has 0 fully saturated rings. The molecule has 5 heterocycles. The number of pyridine rings is 1. The van der Waals surface area contributed by atoms with Gasteiger partial charge in [0, 0.05) is 42.0 Å². The molecule has 0 atom stereocenters. The summed E-state index contributed by atoms with van der Waals surface area (Å²) in [6, 6.07) is 11.9. The molecule has 0 unspecified atom stereocenters. The molecule has 10 heteroatoms. The van der Waals surface area contributed by atoms with E-state index in [0.717, 1.165) is 51.7 Å². The van der Waals surface area contributed by atoms with Crippen LogP contribution in [-0.2, 0) is 24.3 Å². The van der Waals surface area contributed by atoms with Gasteiger partial charge in [0.05, 0.1) is 18.1 Å². The Morgan fingerprint density at radius 1 is 1.15 bits per heavy atom. The van der Waals surface area contributed by atoms with Gasteiger partial charge in [-0.1, -0.05) is 6.08 Å². The monoisotopic (exact) mass is 582 g/mol. The van der Waals surface area contributed by atoms with Crippen LogP contribution in [-0.4, -0.2) is 38.8 Å². The molecule has 1 aliphatic heterocycles. The van der Waals surface area contributed by atoms with Gasteiger partial charge in [0.15, 0.2) is 0 Å². The Bertz CT molecular complexity index is 1700. The van der Waals surface area contributed by atoms with Crippen molar-refractivity contribution in [3.63, 3.8) is 0 Å². The Morgan fingerprint density at radius 3 is 2.88 bits per heavy atom. The highest BCUT2D eigenvalue weighted by molar-refractivity contribution is 7.19. The standard InChI is InChI=1S/C31H30N6O2S2/c1-20-14-23(6-8-26(20)39-24-7-5-21(2)33-16-24)36-30-29-25-9-12-37(17-27(25)41-31(29)35-19-34-30)28(38)4-3-11-32-15-22-10-13-40-18-22/h3-8,10,13-14,16,18-19,32H,9,11-12,15,17H2,1-2H3,(H,34,35,36)/b4-3+. The highest BCUT2D eigenvalue weighted by Gasteiger charge is 2.25. The number of nitrogens with one attached hydrogen (secondary N) is 2. The average Bonchev–Trinajstić information content (AvgIpc) is 3.63. The number of hydrogen-bond acceptors (Lipinski definition) is 9. The van der Waals surface area contributed by atoms with Gasteiger partial charge in [0.2, 0.25) is 5.91 Å². The van der Waals surface area contributed by atoms with Crippen LogP contribution in [0.2, 0.25) is 0 Å². The van der Waals surface area contributed by atoms with Crippen LogP contribution in [0.15, 0.2) is 71.8 Å². The zero-order chi connectivity index (χ0) is 28.2. The number of amides is 1. The molecule has 1 amide bonds. The van der Waals surface area contributed by atoms with E-state index in [0.29, 0.717) is 25.4 Å². The molecule has 2 N–H and O–H groups in total. The second kappa shape index (κ2) is 12.2. The van der Waals surface area contributed by atoms with Crippen molar-refractivity contribution in [1.82, 2.24) is 25.2 Å². The number of hydrogen-bond donors (Lipinski definition) is 2. The van der Waals surface area contributed by atoms with Crippen molar-refractivity contribution in [2.24, 2.45) is 0 Å². The summed E-state index contributed by atoms with van der Waals surface area (Å²) in [4.78, 5) is 30.3. The van der Waals surface area contributed by atoms with Crippen molar-refractivity contribution in [1.29, 1.82) is 0 Å². The molecular formula is C31H30N6O2S2. The van der Waals surface area contributed by atoms with Gasteiger partial charge in [-0.25, -0.2) is 9.97 Å². The number of carbonyl (C=O) groups excluding carboxylic acids is 1. The maximum Gasteiger partial charge on any atom is 0.246 e. The summed E-state index contributed by atoms with van der Waals surface area (Å²) in [7, 11) is 0. The number of rotatable bonds is 9. The van der Waals surface area contributed by atoms with E-state index in [2.05, 4.69) is 42.4 Å². The minimum Gasteiger partial charge on any atom is -0.455 e. The van der Waals surface area contributed by atoms with E-state index >= 15 is 0 Å². The molecule has 0 aliphatic carbocycles. The molecule has 5 aromatic rings. The van der Waals surface area contributed by atoms with Gasteiger partial charge in [-0.15, -0.1) is 11.3 Å². The summed E-state index contributed by atoms with van der Waals surface area (Å²) in [6.07, 6.45) is 7.67. The van der Waals surface area contributed by atoms with Crippen molar-refractivity contribution in [3.05, 3.63) is 99.1 Å². The highest BCUT2D eigenvalue weighted by atomic mass is 32.1. The van der Waals surface area contributed by atoms with Crippen molar-refractivity contribution in [3.8, 4) is 11.5 Å². The zero-order valence-corrected chi connectivity index (χ0v) is 24.5. The molecule has 1 aliphatic rings. The fraction of sp³-hybridized carbons (Fsp3) is 0.226. The van der Waals surface area contributed by atoms with E-state index in [1.807, 2.05) is 55.2 Å². The average molecular weight is 583 g/mol. The first-order valence-corrected chi connectivity index (χ1v) is 15.2. The molecule has 0 spiro atoms. The van der Waals surface area contributed by atoms with E-state index < -0.39 is 0 Å². The summed E-state index contributed by atoms with van der Waals surface area (Å²) in [5.74, 6) is 2.29. The summed E-state index contributed by atoms with van der Waals surface area (Å²) in [5.41, 5.74) is 5.35. The first kappa shape index (κ1) is 27.1. The quantitative estimate of drug-likeness (QED) is 0.151. The molecule has 0 bridgehead atoms. The van der Waals surface area contributed by atoms with Gasteiger partial charge in [-0.05, 0) is 84.1 Å². The summed E-state index contributed by atoms with van der Waals surface area (Å²) >= 11 is 3.33. The van der Waals surface area contributed by atoms with E-state index in [-0.39, 0.29) is 5.91 Å². The van der Waals surface area contributed by atoms with Crippen LogP contribution in [0.1, 0.15) is 27.3 Å². The highest BCUT2D eigenvalue weighted by Crippen LogP contribution is 2.38. The largest absolute Gasteiger partial charge is 0.455 e. The van der Waals surface area contributed by atoms with Crippen LogP contribution in [0.5, 0.6) is 11.5 Å². The predicted molar refractivity (Wildman–Crippen MR) is 165 cm³/mol. The molecule has 0 saturated carbocycles. The number of ether oxygens (including phenoxy) is 1. The number of nitrogens with zero attached hydrogens (tertiary/aromatic N) is 4. The summed E-state index contributed by atoms with van der Waals surface area (Å²) < 4.78 is 6.03. The number of carbonyl (C=O) groups is 1. The van der Waals surface area contributed by atoms with Crippen LogP contribution < -0.4 is 15.4 Å².